The highest BCUT2D eigenvalue weighted by molar-refractivity contribution is 7.71. The van der Waals surface area contributed by atoms with E-state index in [-0.39, 0.29) is 11.1 Å². The number of aromatic nitrogens is 3. The van der Waals surface area contributed by atoms with Crippen molar-refractivity contribution in [2.45, 2.75) is 13.0 Å². The molecular formula is C14H11ClFN3S. The van der Waals surface area contributed by atoms with Crippen molar-refractivity contribution >= 4 is 34.9 Å². The highest BCUT2D eigenvalue weighted by Crippen LogP contribution is 2.27. The topological polar surface area (TPSA) is 33.6 Å². The normalized spacial score (nSPS) is 12.8. The van der Waals surface area contributed by atoms with Gasteiger partial charge in [-0.15, -0.1) is 0 Å². The predicted octanol–water partition coefficient (Wildman–Crippen LogP) is 4.50. The Morgan fingerprint density at radius 2 is 2.05 bits per heavy atom. The largest absolute Gasteiger partial charge is 0.331 e. The number of H-pyrrole nitrogens is 1. The zero-order chi connectivity index (χ0) is 14.3. The first-order valence-corrected chi connectivity index (χ1v) is 6.85. The zero-order valence-electron chi connectivity index (χ0n) is 10.6. The first-order valence-electron chi connectivity index (χ1n) is 6.07. The summed E-state index contributed by atoms with van der Waals surface area (Å²) in [6, 6.07) is 6.76. The van der Waals surface area contributed by atoms with Gasteiger partial charge in [0.25, 0.3) is 0 Å². The van der Waals surface area contributed by atoms with Crippen LogP contribution in [0.1, 0.15) is 18.5 Å². The summed E-state index contributed by atoms with van der Waals surface area (Å²) in [5.41, 5.74) is 2.47. The standard InChI is InChI=1S/C14H11ClFN3S/c1-8(9-2-4-17-5-3-9)19-13-7-11(16)10(15)6-12(13)18-14(19)20/h2-8H,1H3,(H,18,20). The Balaban J connectivity index is 2.24. The van der Waals surface area contributed by atoms with Crippen molar-refractivity contribution in [2.24, 2.45) is 0 Å². The lowest BCUT2D eigenvalue weighted by Crippen LogP contribution is -2.06. The van der Waals surface area contributed by atoms with Crippen LogP contribution in [-0.2, 0) is 0 Å². The van der Waals surface area contributed by atoms with Gasteiger partial charge >= 0.3 is 0 Å². The minimum Gasteiger partial charge on any atom is -0.331 e. The molecule has 0 fully saturated rings. The van der Waals surface area contributed by atoms with E-state index >= 15 is 0 Å². The Morgan fingerprint density at radius 3 is 2.75 bits per heavy atom. The van der Waals surface area contributed by atoms with E-state index in [1.54, 1.807) is 18.5 Å². The number of benzene rings is 1. The lowest BCUT2D eigenvalue weighted by atomic mass is 10.1. The molecule has 2 heterocycles. The molecule has 2 aromatic heterocycles. The monoisotopic (exact) mass is 307 g/mol. The van der Waals surface area contributed by atoms with E-state index in [1.807, 2.05) is 23.6 Å². The molecule has 1 N–H and O–H groups in total. The van der Waals surface area contributed by atoms with Crippen LogP contribution in [0.2, 0.25) is 5.02 Å². The molecule has 20 heavy (non-hydrogen) atoms. The maximum Gasteiger partial charge on any atom is 0.178 e. The molecule has 0 saturated carbocycles. The summed E-state index contributed by atoms with van der Waals surface area (Å²) in [6.07, 6.45) is 3.45. The van der Waals surface area contributed by atoms with Gasteiger partial charge in [-0.2, -0.15) is 0 Å². The van der Waals surface area contributed by atoms with Gasteiger partial charge in [0.1, 0.15) is 5.82 Å². The fraction of sp³-hybridized carbons (Fsp3) is 0.143. The van der Waals surface area contributed by atoms with Crippen LogP contribution in [0, 0.1) is 10.6 Å². The van der Waals surface area contributed by atoms with Crippen molar-refractivity contribution in [3.63, 3.8) is 0 Å². The molecule has 3 aromatic rings. The van der Waals surface area contributed by atoms with Gasteiger partial charge in [-0.05, 0) is 42.9 Å². The smallest absolute Gasteiger partial charge is 0.178 e. The van der Waals surface area contributed by atoms with Crippen molar-refractivity contribution in [3.8, 4) is 0 Å². The average Bonchev–Trinajstić information content (AvgIpc) is 2.75. The van der Waals surface area contributed by atoms with Gasteiger partial charge in [-0.1, -0.05) is 11.6 Å². The Kier molecular flexibility index (Phi) is 3.31. The van der Waals surface area contributed by atoms with E-state index in [0.29, 0.717) is 10.3 Å². The van der Waals surface area contributed by atoms with Crippen molar-refractivity contribution in [1.82, 2.24) is 14.5 Å². The van der Waals surface area contributed by atoms with E-state index in [1.165, 1.54) is 6.07 Å². The summed E-state index contributed by atoms with van der Waals surface area (Å²) in [5, 5.41) is 0.0810. The molecule has 6 heteroatoms. The van der Waals surface area contributed by atoms with Gasteiger partial charge < -0.3 is 9.55 Å². The molecule has 0 aliphatic carbocycles. The third kappa shape index (κ3) is 2.13. The Labute approximate surface area is 125 Å². The van der Waals surface area contributed by atoms with Crippen LogP contribution in [0.4, 0.5) is 4.39 Å². The van der Waals surface area contributed by atoms with Crippen LogP contribution in [0.25, 0.3) is 11.0 Å². The molecule has 0 amide bonds. The van der Waals surface area contributed by atoms with Crippen LogP contribution in [0.5, 0.6) is 0 Å². The number of imidazole rings is 1. The van der Waals surface area contributed by atoms with Gasteiger partial charge in [0.05, 0.1) is 22.1 Å². The Morgan fingerprint density at radius 1 is 1.35 bits per heavy atom. The summed E-state index contributed by atoms with van der Waals surface area (Å²) >= 11 is 11.1. The highest BCUT2D eigenvalue weighted by atomic mass is 35.5. The minimum absolute atomic E-state index is 0.0279. The number of nitrogens with zero attached hydrogens (tertiary/aromatic N) is 2. The van der Waals surface area contributed by atoms with Crippen molar-refractivity contribution < 1.29 is 4.39 Å². The maximum absolute atomic E-state index is 13.7. The molecule has 1 unspecified atom stereocenters. The Bertz CT molecular complexity index is 826. The number of aromatic amines is 1. The van der Waals surface area contributed by atoms with E-state index in [2.05, 4.69) is 9.97 Å². The highest BCUT2D eigenvalue weighted by Gasteiger charge is 2.15. The second-order valence-corrected chi connectivity index (χ2v) is 5.33. The van der Waals surface area contributed by atoms with Gasteiger partial charge in [0, 0.05) is 18.5 Å². The lowest BCUT2D eigenvalue weighted by Gasteiger charge is -2.15. The van der Waals surface area contributed by atoms with Gasteiger partial charge in [0.15, 0.2) is 4.77 Å². The SMILES string of the molecule is CC(c1ccncc1)n1c(=S)[nH]c2cc(Cl)c(F)cc21. The Hall–Kier alpha value is -1.72. The summed E-state index contributed by atoms with van der Waals surface area (Å²) in [4.78, 5) is 7.06. The fourth-order valence-corrected chi connectivity index (χ4v) is 2.83. The van der Waals surface area contributed by atoms with Gasteiger partial charge in [-0.25, -0.2) is 4.39 Å². The van der Waals surface area contributed by atoms with Crippen LogP contribution in [0.3, 0.4) is 0 Å². The molecule has 1 aromatic carbocycles. The maximum atomic E-state index is 13.7. The number of halogens is 2. The molecule has 102 valence electrons. The lowest BCUT2D eigenvalue weighted by molar-refractivity contribution is 0.622. The predicted molar refractivity (Wildman–Crippen MR) is 80.1 cm³/mol. The number of fused-ring (bicyclic) bond motifs is 1. The number of hydrogen-bond acceptors (Lipinski definition) is 2. The van der Waals surface area contributed by atoms with Crippen LogP contribution in [0.15, 0.2) is 36.7 Å². The second-order valence-electron chi connectivity index (χ2n) is 4.54. The second kappa shape index (κ2) is 5.00. The number of hydrogen-bond donors (Lipinski definition) is 1. The third-order valence-corrected chi connectivity index (χ3v) is 3.92. The molecule has 0 aliphatic heterocycles. The zero-order valence-corrected chi connectivity index (χ0v) is 12.2. The fourth-order valence-electron chi connectivity index (χ4n) is 2.30. The summed E-state index contributed by atoms with van der Waals surface area (Å²) in [5.74, 6) is -0.455. The molecular weight excluding hydrogens is 297 g/mol. The van der Waals surface area contributed by atoms with E-state index in [4.69, 9.17) is 23.8 Å². The van der Waals surface area contributed by atoms with Gasteiger partial charge in [-0.3, -0.25) is 4.98 Å². The van der Waals surface area contributed by atoms with Gasteiger partial charge in [0.2, 0.25) is 0 Å². The van der Waals surface area contributed by atoms with E-state index in [9.17, 15) is 4.39 Å². The first-order chi connectivity index (χ1) is 9.58. The van der Waals surface area contributed by atoms with E-state index < -0.39 is 5.82 Å². The van der Waals surface area contributed by atoms with E-state index in [0.717, 1.165) is 11.1 Å². The first kappa shape index (κ1) is 13.3. The quantitative estimate of drug-likeness (QED) is 0.707. The summed E-state index contributed by atoms with van der Waals surface area (Å²) < 4.78 is 16.1. The third-order valence-electron chi connectivity index (χ3n) is 3.33. The summed E-state index contributed by atoms with van der Waals surface area (Å²) in [6.45, 7) is 2.00. The number of nitrogens with one attached hydrogen (secondary N) is 1. The average molecular weight is 308 g/mol. The molecule has 0 spiro atoms. The van der Waals surface area contributed by atoms with Crippen LogP contribution in [-0.4, -0.2) is 14.5 Å². The summed E-state index contributed by atoms with van der Waals surface area (Å²) in [7, 11) is 0. The molecule has 3 rings (SSSR count). The molecule has 0 saturated heterocycles. The van der Waals surface area contributed by atoms with Crippen LogP contribution < -0.4 is 0 Å². The number of pyridine rings is 1. The molecule has 1 atom stereocenters. The van der Waals surface area contributed by atoms with Crippen molar-refractivity contribution in [2.75, 3.05) is 0 Å². The van der Waals surface area contributed by atoms with Crippen LogP contribution >= 0.6 is 23.8 Å². The minimum atomic E-state index is -0.455. The molecule has 3 nitrogen and oxygen atoms in total. The van der Waals surface area contributed by atoms with Crippen molar-refractivity contribution in [1.29, 1.82) is 0 Å². The molecule has 0 aliphatic rings. The molecule has 0 bridgehead atoms. The van der Waals surface area contributed by atoms with Crippen molar-refractivity contribution in [3.05, 3.63) is 57.8 Å². The number of rotatable bonds is 2. The molecule has 0 radical (unpaired) electrons.